The van der Waals surface area contributed by atoms with Crippen molar-refractivity contribution in [3.8, 4) is 5.75 Å². The van der Waals surface area contributed by atoms with Gasteiger partial charge in [-0.05, 0) is 43.9 Å². The molecule has 1 aromatic heterocycles. The highest BCUT2D eigenvalue weighted by Gasteiger charge is 2.16. The molecule has 4 nitrogen and oxygen atoms in total. The molecule has 0 saturated carbocycles. The standard InChI is InChI=1S/C15H16N2O2S/c1-10-9-20-15(16-10)8-19-12-6-5-11-3-2-4-14(17-18)13(11)7-12/h5-7,9,18H,2-4,8H2,1H3/b17-14-. The van der Waals surface area contributed by atoms with Crippen LogP contribution in [-0.2, 0) is 13.0 Å². The highest BCUT2D eigenvalue weighted by Crippen LogP contribution is 2.26. The molecular weight excluding hydrogens is 272 g/mol. The number of oxime groups is 1. The van der Waals surface area contributed by atoms with Gasteiger partial charge in [-0.3, -0.25) is 0 Å². The third-order valence-electron chi connectivity index (χ3n) is 3.40. The van der Waals surface area contributed by atoms with E-state index in [-0.39, 0.29) is 0 Å². The van der Waals surface area contributed by atoms with Crippen molar-refractivity contribution < 1.29 is 9.94 Å². The summed E-state index contributed by atoms with van der Waals surface area (Å²) in [7, 11) is 0. The number of ether oxygens (including phenoxy) is 1. The second-order valence-electron chi connectivity index (χ2n) is 4.89. The van der Waals surface area contributed by atoms with Crippen LogP contribution in [0.1, 0.15) is 34.7 Å². The van der Waals surface area contributed by atoms with E-state index in [1.54, 1.807) is 11.3 Å². The molecule has 2 aromatic rings. The van der Waals surface area contributed by atoms with Crippen LogP contribution in [0.2, 0.25) is 0 Å². The van der Waals surface area contributed by atoms with E-state index < -0.39 is 0 Å². The molecule has 104 valence electrons. The van der Waals surface area contributed by atoms with Crippen molar-refractivity contribution in [2.24, 2.45) is 5.16 Å². The van der Waals surface area contributed by atoms with Crippen molar-refractivity contribution in [2.75, 3.05) is 0 Å². The molecule has 3 rings (SSSR count). The summed E-state index contributed by atoms with van der Waals surface area (Å²) < 4.78 is 5.78. The van der Waals surface area contributed by atoms with Crippen LogP contribution in [0.25, 0.3) is 0 Å². The Morgan fingerprint density at radius 2 is 2.30 bits per heavy atom. The maximum Gasteiger partial charge on any atom is 0.140 e. The lowest BCUT2D eigenvalue weighted by molar-refractivity contribution is 0.305. The predicted molar refractivity (Wildman–Crippen MR) is 78.9 cm³/mol. The minimum atomic E-state index is 0.475. The maximum absolute atomic E-state index is 9.08. The first-order valence-electron chi connectivity index (χ1n) is 6.64. The number of rotatable bonds is 3. The van der Waals surface area contributed by atoms with Gasteiger partial charge in [0.15, 0.2) is 0 Å². The molecule has 0 fully saturated rings. The summed E-state index contributed by atoms with van der Waals surface area (Å²) in [4.78, 5) is 4.37. The molecule has 0 radical (unpaired) electrons. The predicted octanol–water partition coefficient (Wildman–Crippen LogP) is 3.55. The van der Waals surface area contributed by atoms with E-state index in [0.29, 0.717) is 6.61 Å². The Hall–Kier alpha value is -1.88. The van der Waals surface area contributed by atoms with E-state index in [0.717, 1.165) is 47.0 Å². The van der Waals surface area contributed by atoms with Crippen molar-refractivity contribution >= 4 is 17.0 Å². The molecule has 0 aliphatic heterocycles. The van der Waals surface area contributed by atoms with E-state index in [1.165, 1.54) is 5.56 Å². The van der Waals surface area contributed by atoms with Crippen molar-refractivity contribution in [1.29, 1.82) is 0 Å². The Morgan fingerprint density at radius 3 is 3.05 bits per heavy atom. The van der Waals surface area contributed by atoms with Crippen molar-refractivity contribution in [3.63, 3.8) is 0 Å². The number of nitrogens with zero attached hydrogens (tertiary/aromatic N) is 2. The van der Waals surface area contributed by atoms with Crippen LogP contribution >= 0.6 is 11.3 Å². The number of fused-ring (bicyclic) bond motifs is 1. The molecule has 5 heteroatoms. The Bertz CT molecular complexity index is 649. The van der Waals surface area contributed by atoms with E-state index >= 15 is 0 Å². The largest absolute Gasteiger partial charge is 0.486 e. The highest BCUT2D eigenvalue weighted by atomic mass is 32.1. The fourth-order valence-electron chi connectivity index (χ4n) is 2.43. The van der Waals surface area contributed by atoms with Gasteiger partial charge in [-0.2, -0.15) is 0 Å². The molecule has 0 bridgehead atoms. The van der Waals surface area contributed by atoms with Gasteiger partial charge in [0.05, 0.1) is 5.71 Å². The number of hydrogen-bond acceptors (Lipinski definition) is 5. The normalized spacial score (nSPS) is 16.1. The molecule has 0 atom stereocenters. The molecule has 20 heavy (non-hydrogen) atoms. The Kier molecular flexibility index (Phi) is 3.69. The Morgan fingerprint density at radius 1 is 1.40 bits per heavy atom. The molecule has 1 N–H and O–H groups in total. The summed E-state index contributed by atoms with van der Waals surface area (Å²) in [5.41, 5.74) is 4.00. The molecule has 0 amide bonds. The minimum absolute atomic E-state index is 0.475. The van der Waals surface area contributed by atoms with Crippen LogP contribution < -0.4 is 4.74 Å². The first-order chi connectivity index (χ1) is 9.76. The van der Waals surface area contributed by atoms with E-state index in [9.17, 15) is 0 Å². The van der Waals surface area contributed by atoms with Gasteiger partial charge in [-0.25, -0.2) is 4.98 Å². The second-order valence-corrected chi connectivity index (χ2v) is 5.83. The number of hydrogen-bond donors (Lipinski definition) is 1. The van der Waals surface area contributed by atoms with Gasteiger partial charge in [-0.1, -0.05) is 11.2 Å². The number of benzene rings is 1. The van der Waals surface area contributed by atoms with Gasteiger partial charge < -0.3 is 9.94 Å². The average molecular weight is 288 g/mol. The van der Waals surface area contributed by atoms with E-state index in [2.05, 4.69) is 16.2 Å². The van der Waals surface area contributed by atoms with Gasteiger partial charge in [0.25, 0.3) is 0 Å². The zero-order valence-electron chi connectivity index (χ0n) is 11.3. The fraction of sp³-hybridized carbons (Fsp3) is 0.333. The third kappa shape index (κ3) is 2.67. The first kappa shape index (κ1) is 13.1. The van der Waals surface area contributed by atoms with Gasteiger partial charge in [-0.15, -0.1) is 11.3 Å². The summed E-state index contributed by atoms with van der Waals surface area (Å²) in [6, 6.07) is 5.99. The van der Waals surface area contributed by atoms with Crippen molar-refractivity contribution in [2.45, 2.75) is 32.8 Å². The maximum atomic E-state index is 9.08. The summed E-state index contributed by atoms with van der Waals surface area (Å²) >= 11 is 1.60. The lowest BCUT2D eigenvalue weighted by Crippen LogP contribution is -2.12. The molecule has 1 aliphatic rings. The topological polar surface area (TPSA) is 54.7 Å². The van der Waals surface area contributed by atoms with Crippen LogP contribution in [0.3, 0.4) is 0 Å². The molecule has 1 aromatic carbocycles. The van der Waals surface area contributed by atoms with Crippen LogP contribution in [0.5, 0.6) is 5.75 Å². The molecule has 0 spiro atoms. The van der Waals surface area contributed by atoms with E-state index in [4.69, 9.17) is 9.94 Å². The fourth-order valence-corrected chi connectivity index (χ4v) is 3.11. The van der Waals surface area contributed by atoms with Crippen molar-refractivity contribution in [3.05, 3.63) is 45.4 Å². The van der Waals surface area contributed by atoms with Gasteiger partial charge in [0.1, 0.15) is 17.4 Å². The highest BCUT2D eigenvalue weighted by molar-refractivity contribution is 7.09. The number of thiazole rings is 1. The lowest BCUT2D eigenvalue weighted by Gasteiger charge is -2.17. The molecule has 0 unspecified atom stereocenters. The summed E-state index contributed by atoms with van der Waals surface area (Å²) in [5.74, 6) is 0.791. The Labute approximate surface area is 121 Å². The SMILES string of the molecule is Cc1csc(COc2ccc3c(c2)/C(=N\O)CCC3)n1. The zero-order valence-corrected chi connectivity index (χ0v) is 12.1. The number of aromatic nitrogens is 1. The monoisotopic (exact) mass is 288 g/mol. The molecule has 1 aliphatic carbocycles. The van der Waals surface area contributed by atoms with Crippen LogP contribution in [0.15, 0.2) is 28.7 Å². The lowest BCUT2D eigenvalue weighted by atomic mass is 9.90. The zero-order chi connectivity index (χ0) is 13.9. The second kappa shape index (κ2) is 5.63. The van der Waals surface area contributed by atoms with Crippen molar-refractivity contribution in [1.82, 2.24) is 4.98 Å². The van der Waals surface area contributed by atoms with Gasteiger partial charge >= 0.3 is 0 Å². The van der Waals surface area contributed by atoms with Gasteiger partial charge in [0.2, 0.25) is 0 Å². The molecular formula is C15H16N2O2S. The van der Waals surface area contributed by atoms with Gasteiger partial charge in [0, 0.05) is 16.6 Å². The third-order valence-corrected chi connectivity index (χ3v) is 4.34. The molecule has 1 heterocycles. The summed E-state index contributed by atoms with van der Waals surface area (Å²) in [5, 5.41) is 15.5. The first-order valence-corrected chi connectivity index (χ1v) is 7.52. The van der Waals surface area contributed by atoms with E-state index in [1.807, 2.05) is 24.4 Å². The van der Waals surface area contributed by atoms with Crippen LogP contribution in [0, 0.1) is 6.92 Å². The summed E-state index contributed by atoms with van der Waals surface area (Å²) in [6.45, 7) is 2.45. The minimum Gasteiger partial charge on any atom is -0.486 e. The Balaban J connectivity index is 1.78. The van der Waals surface area contributed by atoms with Crippen LogP contribution in [-0.4, -0.2) is 15.9 Å². The summed E-state index contributed by atoms with van der Waals surface area (Å²) in [6.07, 6.45) is 2.88. The van der Waals surface area contributed by atoms with Crippen LogP contribution in [0.4, 0.5) is 0 Å². The smallest absolute Gasteiger partial charge is 0.140 e. The average Bonchev–Trinajstić information content (AvgIpc) is 2.90. The quantitative estimate of drug-likeness (QED) is 0.694. The number of aryl methyl sites for hydroxylation is 2. The molecule has 0 saturated heterocycles.